The molecule has 2 fully saturated rings. The Morgan fingerprint density at radius 3 is 2.29 bits per heavy atom. The number of primary amides is 2. The zero-order valence-electron chi connectivity index (χ0n) is 19.3. The summed E-state index contributed by atoms with van der Waals surface area (Å²) < 4.78 is 5.62. The van der Waals surface area contributed by atoms with Crippen molar-refractivity contribution >= 4 is 40.3 Å². The Balaban J connectivity index is 1.51. The molecule has 5 amide bonds. The number of carbonyl (C=O) groups excluding carboxylic acids is 4. The fraction of sp³-hybridized carbons (Fsp3) is 0.417. The maximum Gasteiger partial charge on any atom is 0.341 e. The smallest absolute Gasteiger partial charge is 0.341 e. The Kier molecular flexibility index (Phi) is 7.54. The number of carbonyl (C=O) groups is 4. The highest BCUT2D eigenvalue weighted by atomic mass is 32.1. The number of anilines is 1. The molecule has 3 heterocycles. The molecule has 1 aromatic carbocycles. The SMILES string of the molecule is NC(=O)Nc1sc(-c2ccc(C(=O)N3CCCCC3)cc2)cc1C(=O)OC1CCCN(C(N)=O)C1. The van der Waals surface area contributed by atoms with Gasteiger partial charge in [0.05, 0.1) is 12.1 Å². The van der Waals surface area contributed by atoms with Crippen LogP contribution in [0.1, 0.15) is 52.8 Å². The number of nitrogens with two attached hydrogens (primary N) is 2. The molecule has 1 unspecified atom stereocenters. The number of nitrogens with one attached hydrogen (secondary N) is 1. The van der Waals surface area contributed by atoms with Crippen LogP contribution in [0.5, 0.6) is 0 Å². The molecule has 0 saturated carbocycles. The summed E-state index contributed by atoms with van der Waals surface area (Å²) in [6.07, 6.45) is 3.98. The molecule has 35 heavy (non-hydrogen) atoms. The van der Waals surface area contributed by atoms with E-state index in [-0.39, 0.29) is 23.0 Å². The summed E-state index contributed by atoms with van der Waals surface area (Å²) in [5.74, 6) is -0.607. The molecule has 0 aliphatic carbocycles. The van der Waals surface area contributed by atoms with E-state index in [1.807, 2.05) is 17.0 Å². The van der Waals surface area contributed by atoms with Crippen LogP contribution in [0.25, 0.3) is 10.4 Å². The van der Waals surface area contributed by atoms with Gasteiger partial charge >= 0.3 is 18.0 Å². The molecule has 2 aliphatic heterocycles. The molecule has 11 heteroatoms. The second kappa shape index (κ2) is 10.8. The lowest BCUT2D eigenvalue weighted by Gasteiger charge is -2.31. The Morgan fingerprint density at radius 1 is 0.943 bits per heavy atom. The van der Waals surface area contributed by atoms with Crippen LogP contribution in [0.15, 0.2) is 30.3 Å². The molecule has 1 aromatic heterocycles. The maximum atomic E-state index is 13.0. The molecule has 4 rings (SSSR count). The van der Waals surface area contributed by atoms with E-state index in [4.69, 9.17) is 16.2 Å². The minimum atomic E-state index is -0.799. The number of urea groups is 2. The Morgan fingerprint density at radius 2 is 1.63 bits per heavy atom. The topological polar surface area (TPSA) is 148 Å². The van der Waals surface area contributed by atoms with Gasteiger partial charge in [-0.05, 0) is 55.9 Å². The summed E-state index contributed by atoms with van der Waals surface area (Å²) in [5, 5.41) is 2.76. The number of ether oxygens (including phenoxy) is 1. The number of hydrogen-bond donors (Lipinski definition) is 3. The van der Waals surface area contributed by atoms with Gasteiger partial charge in [0, 0.05) is 30.1 Å². The van der Waals surface area contributed by atoms with Crippen molar-refractivity contribution in [3.8, 4) is 10.4 Å². The largest absolute Gasteiger partial charge is 0.457 e. The summed E-state index contributed by atoms with van der Waals surface area (Å²) in [6, 6.07) is 7.45. The van der Waals surface area contributed by atoms with Gasteiger partial charge in [0.15, 0.2) is 0 Å². The van der Waals surface area contributed by atoms with E-state index in [1.165, 1.54) is 16.2 Å². The summed E-state index contributed by atoms with van der Waals surface area (Å²) in [5.41, 5.74) is 12.2. The number of piperidine rings is 2. The Labute approximate surface area is 207 Å². The van der Waals surface area contributed by atoms with Gasteiger partial charge in [0.2, 0.25) is 0 Å². The lowest BCUT2D eigenvalue weighted by molar-refractivity contribution is 0.0129. The van der Waals surface area contributed by atoms with Gasteiger partial charge in [-0.2, -0.15) is 0 Å². The average Bonchev–Trinajstić information content (AvgIpc) is 3.27. The third-order valence-corrected chi connectivity index (χ3v) is 7.31. The van der Waals surface area contributed by atoms with Crippen molar-refractivity contribution in [2.24, 2.45) is 11.5 Å². The molecule has 10 nitrogen and oxygen atoms in total. The molecule has 5 N–H and O–H groups in total. The van der Waals surface area contributed by atoms with Crippen molar-refractivity contribution in [1.29, 1.82) is 0 Å². The lowest BCUT2D eigenvalue weighted by Crippen LogP contribution is -2.46. The van der Waals surface area contributed by atoms with Gasteiger partial charge < -0.3 is 26.0 Å². The first-order valence-electron chi connectivity index (χ1n) is 11.7. The predicted molar refractivity (Wildman–Crippen MR) is 132 cm³/mol. The monoisotopic (exact) mass is 499 g/mol. The molecule has 186 valence electrons. The molecule has 0 radical (unpaired) electrons. The van der Waals surface area contributed by atoms with E-state index in [0.29, 0.717) is 29.8 Å². The van der Waals surface area contributed by atoms with Gasteiger partial charge in [-0.15, -0.1) is 11.3 Å². The van der Waals surface area contributed by atoms with E-state index in [0.717, 1.165) is 37.9 Å². The van der Waals surface area contributed by atoms with E-state index >= 15 is 0 Å². The number of esters is 1. The van der Waals surface area contributed by atoms with Crippen molar-refractivity contribution in [2.45, 2.75) is 38.2 Å². The summed E-state index contributed by atoms with van der Waals surface area (Å²) in [7, 11) is 0. The van der Waals surface area contributed by atoms with Crippen molar-refractivity contribution in [3.63, 3.8) is 0 Å². The first-order valence-corrected chi connectivity index (χ1v) is 12.5. The summed E-state index contributed by atoms with van der Waals surface area (Å²) in [6.45, 7) is 2.30. The van der Waals surface area contributed by atoms with E-state index in [9.17, 15) is 19.2 Å². The van der Waals surface area contributed by atoms with Crippen molar-refractivity contribution < 1.29 is 23.9 Å². The highest BCUT2D eigenvalue weighted by Crippen LogP contribution is 2.36. The zero-order valence-corrected chi connectivity index (χ0v) is 20.1. The van der Waals surface area contributed by atoms with Crippen LogP contribution in [0.3, 0.4) is 0 Å². The Hall–Kier alpha value is -3.60. The van der Waals surface area contributed by atoms with Gasteiger partial charge in [0.1, 0.15) is 11.1 Å². The second-order valence-corrected chi connectivity index (χ2v) is 9.78. The number of rotatable bonds is 5. The van der Waals surface area contributed by atoms with Gasteiger partial charge in [-0.25, -0.2) is 14.4 Å². The standard InChI is InChI=1S/C24H29N5O5S/c25-23(32)27-20-18(22(31)34-17-5-4-12-29(14-17)24(26)33)13-19(35-20)15-6-8-16(9-7-15)21(30)28-10-2-1-3-11-28/h6-9,13,17H,1-5,10-12,14H2,(H2,26,33)(H3,25,27,32). The lowest BCUT2D eigenvalue weighted by atomic mass is 10.1. The predicted octanol–water partition coefficient (Wildman–Crippen LogP) is 3.23. The van der Waals surface area contributed by atoms with E-state index in [2.05, 4.69) is 5.32 Å². The fourth-order valence-electron chi connectivity index (χ4n) is 4.40. The highest BCUT2D eigenvalue weighted by molar-refractivity contribution is 7.20. The van der Waals surface area contributed by atoms with Crippen molar-refractivity contribution in [1.82, 2.24) is 9.80 Å². The number of benzene rings is 1. The minimum absolute atomic E-state index is 0.0141. The number of likely N-dealkylation sites (tertiary alicyclic amines) is 2. The maximum absolute atomic E-state index is 13.0. The fourth-order valence-corrected chi connectivity index (χ4v) is 5.45. The molecule has 0 spiro atoms. The molecule has 2 aromatic rings. The first-order chi connectivity index (χ1) is 16.8. The van der Waals surface area contributed by atoms with Crippen LogP contribution in [0.4, 0.5) is 14.6 Å². The molecule has 1 atom stereocenters. The van der Waals surface area contributed by atoms with E-state index in [1.54, 1.807) is 18.2 Å². The van der Waals surface area contributed by atoms with Gasteiger partial charge in [-0.3, -0.25) is 10.1 Å². The zero-order chi connectivity index (χ0) is 24.9. The van der Waals surface area contributed by atoms with Gasteiger partial charge in [-0.1, -0.05) is 12.1 Å². The number of nitrogens with zero attached hydrogens (tertiary/aromatic N) is 2. The van der Waals surface area contributed by atoms with Crippen LogP contribution in [-0.2, 0) is 4.74 Å². The first kappa shape index (κ1) is 24.5. The number of amides is 5. The van der Waals surface area contributed by atoms with Gasteiger partial charge in [0.25, 0.3) is 5.91 Å². The quantitative estimate of drug-likeness (QED) is 0.540. The molecule has 2 saturated heterocycles. The van der Waals surface area contributed by atoms with Crippen LogP contribution in [0.2, 0.25) is 0 Å². The average molecular weight is 500 g/mol. The van der Waals surface area contributed by atoms with Crippen LogP contribution in [-0.4, -0.2) is 66.0 Å². The summed E-state index contributed by atoms with van der Waals surface area (Å²) in [4.78, 5) is 52.7. The van der Waals surface area contributed by atoms with Crippen molar-refractivity contribution in [2.75, 3.05) is 31.5 Å². The van der Waals surface area contributed by atoms with Crippen LogP contribution in [0, 0.1) is 0 Å². The molecular weight excluding hydrogens is 470 g/mol. The number of hydrogen-bond acceptors (Lipinski definition) is 6. The van der Waals surface area contributed by atoms with Crippen molar-refractivity contribution in [3.05, 3.63) is 41.5 Å². The normalized spacial score (nSPS) is 18.1. The highest BCUT2D eigenvalue weighted by Gasteiger charge is 2.28. The summed E-state index contributed by atoms with van der Waals surface area (Å²) >= 11 is 1.19. The molecule has 0 bridgehead atoms. The minimum Gasteiger partial charge on any atom is -0.457 e. The van der Waals surface area contributed by atoms with Crippen LogP contribution < -0.4 is 16.8 Å². The Bertz CT molecular complexity index is 1110. The second-order valence-electron chi connectivity index (χ2n) is 8.73. The van der Waals surface area contributed by atoms with Crippen LogP contribution >= 0.6 is 11.3 Å². The van der Waals surface area contributed by atoms with E-state index < -0.39 is 24.1 Å². The molecular formula is C24H29N5O5S. The third kappa shape index (κ3) is 5.91. The third-order valence-electron chi connectivity index (χ3n) is 6.21. The number of thiophene rings is 1. The molecule has 2 aliphatic rings.